The fraction of sp³-hybridized carbons (Fsp3) is 0.467. The zero-order chi connectivity index (χ0) is 16.0. The maximum absolute atomic E-state index is 12.2. The smallest absolute Gasteiger partial charge is 0.325 e. The lowest BCUT2D eigenvalue weighted by atomic mass is 10.1. The van der Waals surface area contributed by atoms with Crippen LogP contribution >= 0.6 is 0 Å². The summed E-state index contributed by atoms with van der Waals surface area (Å²) < 4.78 is 4.60. The summed E-state index contributed by atoms with van der Waals surface area (Å²) in [6.45, 7) is 5.48. The summed E-state index contributed by atoms with van der Waals surface area (Å²) in [5.74, 6) is -0.453. The molecule has 0 fully saturated rings. The standard InChI is InChI=1S/C15H23N3O3/c1-10(2)18(9-14(19)21-4)15(20)17-13-7-5-12(6-8-13)11(3)16/h5-8,10-11H,9,16H2,1-4H3,(H,17,20). The van der Waals surface area contributed by atoms with Gasteiger partial charge in [0.25, 0.3) is 0 Å². The van der Waals surface area contributed by atoms with E-state index < -0.39 is 5.97 Å². The third-order valence-corrected chi connectivity index (χ3v) is 3.10. The van der Waals surface area contributed by atoms with Crippen LogP contribution in [0.2, 0.25) is 0 Å². The highest BCUT2D eigenvalue weighted by molar-refractivity contribution is 5.91. The summed E-state index contributed by atoms with van der Waals surface area (Å²) in [5.41, 5.74) is 7.42. The molecule has 0 bridgehead atoms. The predicted octanol–water partition coefficient (Wildman–Crippen LogP) is 2.12. The summed E-state index contributed by atoms with van der Waals surface area (Å²) >= 11 is 0. The van der Waals surface area contributed by atoms with Gasteiger partial charge < -0.3 is 20.7 Å². The van der Waals surface area contributed by atoms with Crippen LogP contribution in [0, 0.1) is 0 Å². The lowest BCUT2D eigenvalue weighted by molar-refractivity contribution is -0.141. The van der Waals surface area contributed by atoms with Gasteiger partial charge in [-0.15, -0.1) is 0 Å². The molecule has 6 nitrogen and oxygen atoms in total. The Kier molecular flexibility index (Phi) is 6.17. The number of ether oxygens (including phenoxy) is 1. The zero-order valence-corrected chi connectivity index (χ0v) is 12.9. The van der Waals surface area contributed by atoms with E-state index >= 15 is 0 Å². The maximum atomic E-state index is 12.2. The molecule has 116 valence electrons. The number of carbonyl (C=O) groups is 2. The number of amides is 2. The van der Waals surface area contributed by atoms with Crippen molar-refractivity contribution in [2.75, 3.05) is 19.0 Å². The molecule has 0 aliphatic carbocycles. The van der Waals surface area contributed by atoms with Crippen molar-refractivity contribution < 1.29 is 14.3 Å². The molecule has 1 atom stereocenters. The van der Waals surface area contributed by atoms with Gasteiger partial charge >= 0.3 is 12.0 Å². The van der Waals surface area contributed by atoms with Crippen LogP contribution in [0.3, 0.4) is 0 Å². The minimum absolute atomic E-state index is 0.0544. The lowest BCUT2D eigenvalue weighted by Crippen LogP contribution is -2.43. The minimum Gasteiger partial charge on any atom is -0.468 e. The molecule has 0 saturated heterocycles. The Bertz CT molecular complexity index is 483. The van der Waals surface area contributed by atoms with Crippen LogP contribution < -0.4 is 11.1 Å². The predicted molar refractivity (Wildman–Crippen MR) is 81.9 cm³/mol. The molecule has 3 N–H and O–H groups in total. The first-order valence-corrected chi connectivity index (χ1v) is 6.85. The van der Waals surface area contributed by atoms with Gasteiger partial charge in [0.05, 0.1) is 7.11 Å². The highest BCUT2D eigenvalue weighted by atomic mass is 16.5. The molecule has 1 aromatic rings. The van der Waals surface area contributed by atoms with Crippen LogP contribution in [0.4, 0.5) is 10.5 Å². The first kappa shape index (κ1) is 17.0. The van der Waals surface area contributed by atoms with E-state index in [9.17, 15) is 9.59 Å². The SMILES string of the molecule is COC(=O)CN(C(=O)Nc1ccc(C(C)N)cc1)C(C)C. The van der Waals surface area contributed by atoms with E-state index in [0.717, 1.165) is 5.56 Å². The molecule has 1 aromatic carbocycles. The van der Waals surface area contributed by atoms with Crippen molar-refractivity contribution in [2.24, 2.45) is 5.73 Å². The van der Waals surface area contributed by atoms with E-state index in [1.165, 1.54) is 12.0 Å². The van der Waals surface area contributed by atoms with Gasteiger partial charge in [-0.2, -0.15) is 0 Å². The van der Waals surface area contributed by atoms with Gasteiger partial charge in [-0.1, -0.05) is 12.1 Å². The average molecular weight is 293 g/mol. The van der Waals surface area contributed by atoms with E-state index in [0.29, 0.717) is 5.69 Å². The Morgan fingerprint density at radius 2 is 1.81 bits per heavy atom. The van der Waals surface area contributed by atoms with Crippen molar-refractivity contribution in [3.8, 4) is 0 Å². The second kappa shape index (κ2) is 7.64. The van der Waals surface area contributed by atoms with Crippen molar-refractivity contribution in [1.29, 1.82) is 0 Å². The van der Waals surface area contributed by atoms with Gasteiger partial charge in [-0.3, -0.25) is 4.79 Å². The fourth-order valence-electron chi connectivity index (χ4n) is 1.76. The maximum Gasteiger partial charge on any atom is 0.325 e. The molecule has 0 heterocycles. The number of anilines is 1. The van der Waals surface area contributed by atoms with Crippen molar-refractivity contribution in [1.82, 2.24) is 4.90 Å². The number of benzene rings is 1. The summed E-state index contributed by atoms with van der Waals surface area (Å²) in [6, 6.07) is 6.78. The molecule has 0 radical (unpaired) electrons. The second-order valence-electron chi connectivity index (χ2n) is 5.14. The lowest BCUT2D eigenvalue weighted by Gasteiger charge is -2.25. The van der Waals surface area contributed by atoms with Crippen LogP contribution in [0.25, 0.3) is 0 Å². The minimum atomic E-state index is -0.453. The quantitative estimate of drug-likeness (QED) is 0.814. The Labute approximate surface area is 125 Å². The number of urea groups is 1. The first-order chi connectivity index (χ1) is 9.85. The molecule has 0 aliphatic heterocycles. The summed E-state index contributed by atoms with van der Waals surface area (Å²) in [4.78, 5) is 25.0. The van der Waals surface area contributed by atoms with Gasteiger partial charge in [0, 0.05) is 17.8 Å². The van der Waals surface area contributed by atoms with Crippen molar-refractivity contribution in [3.05, 3.63) is 29.8 Å². The number of carbonyl (C=O) groups excluding carboxylic acids is 2. The zero-order valence-electron chi connectivity index (χ0n) is 12.9. The monoisotopic (exact) mass is 293 g/mol. The second-order valence-corrected chi connectivity index (χ2v) is 5.14. The highest BCUT2D eigenvalue weighted by Crippen LogP contribution is 2.15. The number of esters is 1. The molecule has 2 amide bonds. The third kappa shape index (κ3) is 5.07. The van der Waals surface area contributed by atoms with Crippen molar-refractivity contribution in [3.63, 3.8) is 0 Å². The summed E-state index contributed by atoms with van der Waals surface area (Å²) in [5, 5.41) is 2.76. The first-order valence-electron chi connectivity index (χ1n) is 6.85. The Morgan fingerprint density at radius 3 is 2.24 bits per heavy atom. The van der Waals surface area contributed by atoms with Crippen molar-refractivity contribution >= 4 is 17.7 Å². The number of hydrogen-bond donors (Lipinski definition) is 2. The van der Waals surface area contributed by atoms with E-state index in [4.69, 9.17) is 5.73 Å². The molecule has 21 heavy (non-hydrogen) atoms. The van der Waals surface area contributed by atoms with E-state index in [-0.39, 0.29) is 24.7 Å². The molecule has 0 aliphatic rings. The largest absolute Gasteiger partial charge is 0.468 e. The number of hydrogen-bond acceptors (Lipinski definition) is 4. The number of rotatable bonds is 5. The molecular weight excluding hydrogens is 270 g/mol. The van der Waals surface area contributed by atoms with Crippen molar-refractivity contribution in [2.45, 2.75) is 32.9 Å². The van der Waals surface area contributed by atoms with E-state index in [1.807, 2.05) is 32.9 Å². The number of nitrogens with one attached hydrogen (secondary N) is 1. The van der Waals surface area contributed by atoms with E-state index in [2.05, 4.69) is 10.1 Å². The number of nitrogens with two attached hydrogens (primary N) is 1. The number of methoxy groups -OCH3 is 1. The van der Waals surface area contributed by atoms with E-state index in [1.54, 1.807) is 12.1 Å². The molecule has 0 aromatic heterocycles. The van der Waals surface area contributed by atoms with Crippen LogP contribution in [0.5, 0.6) is 0 Å². The van der Waals surface area contributed by atoms with Crippen LogP contribution in [0.1, 0.15) is 32.4 Å². The molecule has 1 rings (SSSR count). The highest BCUT2D eigenvalue weighted by Gasteiger charge is 2.20. The van der Waals surface area contributed by atoms with Gasteiger partial charge in [0.1, 0.15) is 6.54 Å². The number of nitrogens with zero attached hydrogens (tertiary/aromatic N) is 1. The molecule has 0 saturated carbocycles. The van der Waals surface area contributed by atoms with Crippen LogP contribution in [0.15, 0.2) is 24.3 Å². The Hall–Kier alpha value is -2.08. The Balaban J connectivity index is 2.74. The normalized spacial score (nSPS) is 11.9. The molecule has 1 unspecified atom stereocenters. The average Bonchev–Trinajstić information content (AvgIpc) is 2.44. The van der Waals surface area contributed by atoms with Gasteiger partial charge in [-0.05, 0) is 38.5 Å². The van der Waals surface area contributed by atoms with Gasteiger partial charge in [-0.25, -0.2) is 4.79 Å². The van der Waals surface area contributed by atoms with Crippen LogP contribution in [-0.2, 0) is 9.53 Å². The molecular formula is C15H23N3O3. The van der Waals surface area contributed by atoms with Crippen LogP contribution in [-0.4, -0.2) is 36.6 Å². The van der Waals surface area contributed by atoms with Gasteiger partial charge in [0.2, 0.25) is 0 Å². The Morgan fingerprint density at radius 1 is 1.24 bits per heavy atom. The molecule has 6 heteroatoms. The summed E-state index contributed by atoms with van der Waals surface area (Å²) in [7, 11) is 1.30. The topological polar surface area (TPSA) is 84.7 Å². The van der Waals surface area contributed by atoms with Gasteiger partial charge in [0.15, 0.2) is 0 Å². The molecule has 0 spiro atoms. The fourth-order valence-corrected chi connectivity index (χ4v) is 1.76. The summed E-state index contributed by atoms with van der Waals surface area (Å²) in [6.07, 6.45) is 0. The third-order valence-electron chi connectivity index (χ3n) is 3.10.